The summed E-state index contributed by atoms with van der Waals surface area (Å²) in [5.41, 5.74) is -2.79. The van der Waals surface area contributed by atoms with E-state index in [1.807, 2.05) is 0 Å². The summed E-state index contributed by atoms with van der Waals surface area (Å²) in [4.78, 5) is 11.3. The molecule has 3 atom stereocenters. The van der Waals surface area contributed by atoms with E-state index in [2.05, 4.69) is 4.74 Å². The van der Waals surface area contributed by atoms with Gasteiger partial charge in [-0.25, -0.2) is 4.79 Å². The molecule has 1 aliphatic heterocycles. The molecule has 1 fully saturated rings. The van der Waals surface area contributed by atoms with E-state index in [0.717, 1.165) is 18.2 Å². The number of hydrogen-bond acceptors (Lipinski definition) is 3. The molecule has 1 aliphatic rings. The molecule has 11 heteroatoms. The summed E-state index contributed by atoms with van der Waals surface area (Å²) in [7, 11) is 0. The molecular weight excluding hydrogens is 382 g/mol. The number of ether oxygens (including phenoxy) is 2. The van der Waals surface area contributed by atoms with Gasteiger partial charge >= 0.3 is 18.5 Å². The van der Waals surface area contributed by atoms with Crippen LogP contribution in [0.25, 0.3) is 0 Å². The Kier molecular flexibility index (Phi) is 4.90. The minimum absolute atomic E-state index is 0.0726. The van der Waals surface area contributed by atoms with Crippen molar-refractivity contribution in [1.29, 1.82) is 0 Å². The van der Waals surface area contributed by atoms with Crippen LogP contribution in [0.3, 0.4) is 0 Å². The number of carbonyl (C=O) groups is 1. The molecule has 0 aromatic heterocycles. The standard InChI is InChI=1S/C14H11ClF6O4/c1-12(13(16,17)18)5-8(10(25-12)11(22)23)7-3-2-6(4-9(7)15)24-14(19,20)21/h2-4,8,10H,5H2,1H3,(H,22,23)/t8-,10+,12-/m1/s1. The largest absolute Gasteiger partial charge is 0.573 e. The average molecular weight is 393 g/mol. The second-order valence-electron chi connectivity index (χ2n) is 5.65. The fourth-order valence-corrected chi connectivity index (χ4v) is 2.93. The summed E-state index contributed by atoms with van der Waals surface area (Å²) >= 11 is 5.84. The van der Waals surface area contributed by atoms with Crippen molar-refractivity contribution in [3.05, 3.63) is 28.8 Å². The zero-order valence-corrected chi connectivity index (χ0v) is 13.2. The molecule has 25 heavy (non-hydrogen) atoms. The van der Waals surface area contributed by atoms with Crippen molar-refractivity contribution in [3.8, 4) is 5.75 Å². The molecule has 0 unspecified atom stereocenters. The first-order valence-corrected chi connectivity index (χ1v) is 7.14. The Morgan fingerprint density at radius 2 is 1.92 bits per heavy atom. The quantitative estimate of drug-likeness (QED) is 0.769. The van der Waals surface area contributed by atoms with E-state index in [1.54, 1.807) is 0 Å². The molecule has 0 aliphatic carbocycles. The first-order valence-electron chi connectivity index (χ1n) is 6.76. The Labute approximate surface area is 142 Å². The predicted octanol–water partition coefficient (Wildman–Crippen LogP) is 4.52. The lowest BCUT2D eigenvalue weighted by Crippen LogP contribution is -2.42. The van der Waals surface area contributed by atoms with Crippen LogP contribution in [-0.4, -0.2) is 35.3 Å². The Bertz CT molecular complexity index is 674. The summed E-state index contributed by atoms with van der Waals surface area (Å²) < 4.78 is 84.3. The Morgan fingerprint density at radius 3 is 2.36 bits per heavy atom. The third-order valence-electron chi connectivity index (χ3n) is 3.81. The van der Waals surface area contributed by atoms with E-state index in [9.17, 15) is 31.1 Å². The minimum atomic E-state index is -4.97. The smallest absolute Gasteiger partial charge is 0.479 e. The molecular formula is C14H11ClF6O4. The molecule has 1 aromatic carbocycles. The molecule has 0 saturated carbocycles. The van der Waals surface area contributed by atoms with Gasteiger partial charge in [0.1, 0.15) is 5.75 Å². The van der Waals surface area contributed by atoms with E-state index in [0.29, 0.717) is 6.92 Å². The molecule has 140 valence electrons. The van der Waals surface area contributed by atoms with E-state index in [-0.39, 0.29) is 10.6 Å². The van der Waals surface area contributed by atoms with Crippen LogP contribution >= 0.6 is 11.6 Å². The maximum atomic E-state index is 13.1. The van der Waals surface area contributed by atoms with E-state index in [4.69, 9.17) is 21.4 Å². The first-order chi connectivity index (χ1) is 11.2. The van der Waals surface area contributed by atoms with Gasteiger partial charge in [-0.15, -0.1) is 13.2 Å². The third kappa shape index (κ3) is 4.12. The average Bonchev–Trinajstić information content (AvgIpc) is 2.76. The van der Waals surface area contributed by atoms with Gasteiger partial charge in [0.15, 0.2) is 11.7 Å². The van der Waals surface area contributed by atoms with Gasteiger partial charge in [-0.2, -0.15) is 13.2 Å². The molecule has 0 bridgehead atoms. The number of aliphatic carboxylic acids is 1. The zero-order chi connectivity index (χ0) is 19.2. The number of carboxylic acids is 1. The summed E-state index contributed by atoms with van der Waals surface area (Å²) in [5.74, 6) is -3.60. The topological polar surface area (TPSA) is 55.8 Å². The molecule has 4 nitrogen and oxygen atoms in total. The van der Waals surface area contributed by atoms with Crippen molar-refractivity contribution in [1.82, 2.24) is 0 Å². The van der Waals surface area contributed by atoms with Crippen molar-refractivity contribution < 1.29 is 45.7 Å². The molecule has 1 saturated heterocycles. The fourth-order valence-electron chi connectivity index (χ4n) is 2.62. The van der Waals surface area contributed by atoms with Gasteiger partial charge in [-0.1, -0.05) is 17.7 Å². The maximum Gasteiger partial charge on any atom is 0.573 e. The Balaban J connectivity index is 2.37. The van der Waals surface area contributed by atoms with Crippen LogP contribution in [0.5, 0.6) is 5.75 Å². The van der Waals surface area contributed by atoms with Crippen LogP contribution in [-0.2, 0) is 9.53 Å². The van der Waals surface area contributed by atoms with Gasteiger partial charge in [-0.05, 0) is 31.0 Å². The number of carboxylic acid groups (broad SMARTS) is 1. The zero-order valence-electron chi connectivity index (χ0n) is 12.4. The van der Waals surface area contributed by atoms with Gasteiger partial charge in [0, 0.05) is 10.9 Å². The number of alkyl halides is 6. The van der Waals surface area contributed by atoms with Crippen molar-refractivity contribution in [3.63, 3.8) is 0 Å². The maximum absolute atomic E-state index is 13.1. The number of rotatable bonds is 3. The number of hydrogen-bond donors (Lipinski definition) is 1. The SMILES string of the molecule is C[C@]1(C(F)(F)F)C[C@H](c2ccc(OC(F)(F)F)cc2Cl)[C@@H](C(=O)O)O1. The number of halogens is 7. The highest BCUT2D eigenvalue weighted by Gasteiger charge is 2.61. The molecule has 0 amide bonds. The summed E-state index contributed by atoms with van der Waals surface area (Å²) in [6.45, 7) is 0.706. The van der Waals surface area contributed by atoms with Crippen molar-refractivity contribution in [2.75, 3.05) is 0 Å². The molecule has 0 radical (unpaired) electrons. The molecule has 1 heterocycles. The van der Waals surface area contributed by atoms with Gasteiger partial charge < -0.3 is 14.6 Å². The van der Waals surface area contributed by atoms with Gasteiger partial charge in [-0.3, -0.25) is 0 Å². The first kappa shape index (κ1) is 19.6. The summed E-state index contributed by atoms with van der Waals surface area (Å²) in [6, 6.07) is 2.60. The van der Waals surface area contributed by atoms with Crippen LogP contribution in [0.15, 0.2) is 18.2 Å². The number of benzene rings is 1. The van der Waals surface area contributed by atoms with Crippen LogP contribution < -0.4 is 4.74 Å². The van der Waals surface area contributed by atoms with Crippen molar-refractivity contribution >= 4 is 17.6 Å². The molecule has 1 N–H and O–H groups in total. The van der Waals surface area contributed by atoms with Crippen molar-refractivity contribution in [2.45, 2.75) is 43.5 Å². The normalized spacial score (nSPS) is 27.4. The minimum Gasteiger partial charge on any atom is -0.479 e. The third-order valence-corrected chi connectivity index (χ3v) is 4.14. The lowest BCUT2D eigenvalue weighted by Gasteiger charge is -2.26. The fraction of sp³-hybridized carbons (Fsp3) is 0.500. The second kappa shape index (κ2) is 6.24. The van der Waals surface area contributed by atoms with Gasteiger partial charge in [0.25, 0.3) is 0 Å². The lowest BCUT2D eigenvalue weighted by atomic mass is 9.86. The van der Waals surface area contributed by atoms with Gasteiger partial charge in [0.2, 0.25) is 0 Å². The van der Waals surface area contributed by atoms with Crippen LogP contribution in [0.1, 0.15) is 24.8 Å². The predicted molar refractivity (Wildman–Crippen MR) is 72.5 cm³/mol. The van der Waals surface area contributed by atoms with E-state index in [1.165, 1.54) is 0 Å². The Morgan fingerprint density at radius 1 is 1.32 bits per heavy atom. The summed E-state index contributed by atoms with van der Waals surface area (Å²) in [6.07, 6.45) is -12.4. The van der Waals surface area contributed by atoms with E-state index >= 15 is 0 Å². The monoisotopic (exact) mass is 392 g/mol. The van der Waals surface area contributed by atoms with Crippen molar-refractivity contribution in [2.24, 2.45) is 0 Å². The highest BCUT2D eigenvalue weighted by atomic mass is 35.5. The van der Waals surface area contributed by atoms with Crippen LogP contribution in [0.2, 0.25) is 5.02 Å². The highest BCUT2D eigenvalue weighted by molar-refractivity contribution is 6.31. The summed E-state index contributed by atoms with van der Waals surface area (Å²) in [5, 5.41) is 8.78. The van der Waals surface area contributed by atoms with E-state index < -0.39 is 48.3 Å². The molecule has 1 aromatic rings. The highest BCUT2D eigenvalue weighted by Crippen LogP contribution is 2.50. The molecule has 2 rings (SSSR count). The second-order valence-corrected chi connectivity index (χ2v) is 6.05. The Hall–Kier alpha value is -1.68. The lowest BCUT2D eigenvalue weighted by molar-refractivity contribution is -0.274. The van der Waals surface area contributed by atoms with Crippen LogP contribution in [0.4, 0.5) is 26.3 Å². The van der Waals surface area contributed by atoms with Crippen LogP contribution in [0, 0.1) is 0 Å². The van der Waals surface area contributed by atoms with Gasteiger partial charge in [0.05, 0.1) is 0 Å². The molecule has 0 spiro atoms.